The van der Waals surface area contributed by atoms with E-state index in [9.17, 15) is 14.8 Å². The van der Waals surface area contributed by atoms with Gasteiger partial charge in [0.1, 0.15) is 11.5 Å². The van der Waals surface area contributed by atoms with Crippen LogP contribution < -0.4 is 11.5 Å². The smallest absolute Gasteiger partial charge is 0.319 e. The molecule has 0 bridgehead atoms. The molecule has 0 atom stereocenters. The fourth-order valence-corrected chi connectivity index (χ4v) is 2.39. The van der Waals surface area contributed by atoms with Crippen LogP contribution in [0.2, 0.25) is 0 Å². The van der Waals surface area contributed by atoms with E-state index < -0.39 is 8.25 Å². The summed E-state index contributed by atoms with van der Waals surface area (Å²) in [6, 6.07) is 8.98. The first-order chi connectivity index (χ1) is 10.5. The van der Waals surface area contributed by atoms with E-state index in [2.05, 4.69) is 0 Å². The van der Waals surface area contributed by atoms with Gasteiger partial charge in [0.05, 0.1) is 13.2 Å². The minimum absolute atomic E-state index is 0.00234. The van der Waals surface area contributed by atoms with E-state index in [1.807, 2.05) is 0 Å². The van der Waals surface area contributed by atoms with Gasteiger partial charge in [0, 0.05) is 22.5 Å². The Hall–Kier alpha value is -2.21. The number of anilines is 2. The molecular formula is C14H17N2O5P. The van der Waals surface area contributed by atoms with Crippen molar-refractivity contribution in [1.82, 2.24) is 0 Å². The van der Waals surface area contributed by atoms with Crippen LogP contribution in [-0.2, 0) is 26.8 Å². The van der Waals surface area contributed by atoms with Gasteiger partial charge in [-0.1, -0.05) is 0 Å². The summed E-state index contributed by atoms with van der Waals surface area (Å²) in [5.74, 6) is -0.00467. The summed E-state index contributed by atoms with van der Waals surface area (Å²) in [7, 11) is -2.80. The van der Waals surface area contributed by atoms with Crippen LogP contribution >= 0.6 is 8.25 Å². The normalized spacial score (nSPS) is 11.0. The van der Waals surface area contributed by atoms with E-state index in [1.54, 1.807) is 12.1 Å². The van der Waals surface area contributed by atoms with Crippen molar-refractivity contribution in [2.24, 2.45) is 0 Å². The van der Waals surface area contributed by atoms with Crippen molar-refractivity contribution < 1.29 is 23.8 Å². The highest BCUT2D eigenvalue weighted by Crippen LogP contribution is 2.31. The number of rotatable bonds is 6. The molecule has 0 aliphatic rings. The lowest BCUT2D eigenvalue weighted by molar-refractivity contribution is 0.209. The van der Waals surface area contributed by atoms with Gasteiger partial charge in [0.15, 0.2) is 0 Å². The Kier molecular flexibility index (Phi) is 5.27. The van der Waals surface area contributed by atoms with Crippen LogP contribution in [0.15, 0.2) is 36.4 Å². The molecule has 0 heterocycles. The van der Waals surface area contributed by atoms with Crippen LogP contribution in [0.5, 0.6) is 11.5 Å². The first-order valence-corrected chi connectivity index (χ1v) is 7.62. The molecule has 0 aliphatic carbocycles. The maximum absolute atomic E-state index is 11.7. The van der Waals surface area contributed by atoms with Crippen molar-refractivity contribution in [3.63, 3.8) is 0 Å². The summed E-state index contributed by atoms with van der Waals surface area (Å²) in [5.41, 5.74) is 12.9. The molecule has 0 aliphatic heterocycles. The summed E-state index contributed by atoms with van der Waals surface area (Å²) in [4.78, 5) is 0. The second-order valence-corrected chi connectivity index (χ2v) is 5.68. The summed E-state index contributed by atoms with van der Waals surface area (Å²) in [5, 5.41) is 19.2. The molecule has 22 heavy (non-hydrogen) atoms. The molecule has 0 spiro atoms. The third-order valence-corrected chi connectivity index (χ3v) is 3.66. The van der Waals surface area contributed by atoms with Crippen molar-refractivity contribution >= 4 is 19.6 Å². The topological polar surface area (TPSA) is 128 Å². The monoisotopic (exact) mass is 324 g/mol. The Morgan fingerprint density at radius 3 is 1.68 bits per heavy atom. The molecule has 6 N–H and O–H groups in total. The number of hydrogen-bond acceptors (Lipinski definition) is 7. The van der Waals surface area contributed by atoms with Crippen molar-refractivity contribution in [3.8, 4) is 11.5 Å². The second kappa shape index (κ2) is 7.17. The third-order valence-electron chi connectivity index (χ3n) is 2.90. The highest BCUT2D eigenvalue weighted by atomic mass is 31.1. The second-order valence-electron chi connectivity index (χ2n) is 4.60. The summed E-state index contributed by atoms with van der Waals surface area (Å²) >= 11 is 0. The maximum Gasteiger partial charge on any atom is 0.319 e. The lowest BCUT2D eigenvalue weighted by Crippen LogP contribution is -1.94. The molecule has 0 saturated carbocycles. The quantitative estimate of drug-likeness (QED) is 0.365. The Labute approximate surface area is 128 Å². The van der Waals surface area contributed by atoms with Crippen LogP contribution in [0.4, 0.5) is 11.4 Å². The Morgan fingerprint density at radius 1 is 0.864 bits per heavy atom. The van der Waals surface area contributed by atoms with Gasteiger partial charge < -0.3 is 30.7 Å². The third kappa shape index (κ3) is 4.39. The summed E-state index contributed by atoms with van der Waals surface area (Å²) in [6.07, 6.45) is 0. The zero-order valence-corrected chi connectivity index (χ0v) is 12.7. The fourth-order valence-electron chi connectivity index (χ4n) is 1.76. The Balaban J connectivity index is 1.88. The molecule has 0 saturated heterocycles. The van der Waals surface area contributed by atoms with Crippen LogP contribution in [0, 0.1) is 0 Å². The van der Waals surface area contributed by atoms with Gasteiger partial charge in [-0.2, -0.15) is 0 Å². The predicted octanol–water partition coefficient (Wildman–Crippen LogP) is 2.39. The molecular weight excluding hydrogens is 307 g/mol. The minimum Gasteiger partial charge on any atom is -0.508 e. The maximum atomic E-state index is 11.7. The van der Waals surface area contributed by atoms with Crippen molar-refractivity contribution in [2.75, 3.05) is 11.5 Å². The van der Waals surface area contributed by atoms with E-state index in [-0.39, 0.29) is 24.7 Å². The average molecular weight is 324 g/mol. The first kappa shape index (κ1) is 16.2. The fraction of sp³-hybridized carbons (Fsp3) is 0.143. The SMILES string of the molecule is Nc1ccc(O)c(CO[PH](=O)OCc2cc(N)ccc2O)c1. The number of phenolic OH excluding ortho intramolecular Hbond substituents is 2. The highest BCUT2D eigenvalue weighted by molar-refractivity contribution is 7.33. The number of nitrogens with two attached hydrogens (primary N) is 2. The first-order valence-electron chi connectivity index (χ1n) is 6.40. The van der Waals surface area contributed by atoms with Crippen LogP contribution in [0.1, 0.15) is 11.1 Å². The molecule has 7 nitrogen and oxygen atoms in total. The van der Waals surface area contributed by atoms with Crippen LogP contribution in [-0.4, -0.2) is 10.2 Å². The molecule has 8 heteroatoms. The van der Waals surface area contributed by atoms with E-state index in [0.717, 1.165) is 0 Å². The van der Waals surface area contributed by atoms with Gasteiger partial charge in [0.2, 0.25) is 0 Å². The van der Waals surface area contributed by atoms with Crippen molar-refractivity contribution in [3.05, 3.63) is 47.5 Å². The molecule has 2 aromatic rings. The van der Waals surface area contributed by atoms with Gasteiger partial charge in [-0.05, 0) is 36.4 Å². The number of aromatic hydroxyl groups is 2. The molecule has 118 valence electrons. The number of nitrogen functional groups attached to an aromatic ring is 2. The standard InChI is InChI=1S/C14H17N2O5P/c15-11-1-3-13(17)9(5-11)7-20-22(19)21-8-10-6-12(16)2-4-14(10)18/h1-6,17-18,22H,7-8,15-16H2. The summed E-state index contributed by atoms with van der Waals surface area (Å²) < 4.78 is 21.8. The molecule has 0 unspecified atom stereocenters. The van der Waals surface area contributed by atoms with E-state index in [4.69, 9.17) is 20.5 Å². The minimum atomic E-state index is -2.80. The molecule has 2 aromatic carbocycles. The van der Waals surface area contributed by atoms with Crippen LogP contribution in [0.25, 0.3) is 0 Å². The van der Waals surface area contributed by atoms with E-state index in [1.165, 1.54) is 24.3 Å². The number of phenols is 2. The zero-order chi connectivity index (χ0) is 16.1. The van der Waals surface area contributed by atoms with Crippen molar-refractivity contribution in [2.45, 2.75) is 13.2 Å². The van der Waals surface area contributed by atoms with E-state index >= 15 is 0 Å². The van der Waals surface area contributed by atoms with Crippen LogP contribution in [0.3, 0.4) is 0 Å². The largest absolute Gasteiger partial charge is 0.508 e. The lowest BCUT2D eigenvalue weighted by atomic mass is 10.2. The molecule has 0 aromatic heterocycles. The number of hydrogen-bond donors (Lipinski definition) is 4. The lowest BCUT2D eigenvalue weighted by Gasteiger charge is -2.09. The molecule has 0 amide bonds. The average Bonchev–Trinajstić information content (AvgIpc) is 2.49. The number of benzene rings is 2. The Bertz CT molecular complexity index is 635. The molecule has 2 rings (SSSR count). The van der Waals surface area contributed by atoms with Crippen molar-refractivity contribution in [1.29, 1.82) is 0 Å². The van der Waals surface area contributed by atoms with Gasteiger partial charge in [-0.25, -0.2) is 0 Å². The summed E-state index contributed by atoms with van der Waals surface area (Å²) in [6.45, 7) is -0.199. The van der Waals surface area contributed by atoms with Gasteiger partial charge >= 0.3 is 8.25 Å². The van der Waals surface area contributed by atoms with Gasteiger partial charge in [0.25, 0.3) is 0 Å². The zero-order valence-electron chi connectivity index (χ0n) is 11.7. The molecule has 0 radical (unpaired) electrons. The van der Waals surface area contributed by atoms with Gasteiger partial charge in [-0.15, -0.1) is 0 Å². The van der Waals surface area contributed by atoms with E-state index in [0.29, 0.717) is 22.5 Å². The van der Waals surface area contributed by atoms with Gasteiger partial charge in [-0.3, -0.25) is 4.57 Å². The Morgan fingerprint density at radius 2 is 1.27 bits per heavy atom. The predicted molar refractivity (Wildman–Crippen MR) is 83.6 cm³/mol. The highest BCUT2D eigenvalue weighted by Gasteiger charge is 2.08. The molecule has 0 fully saturated rings.